The van der Waals surface area contributed by atoms with Crippen molar-refractivity contribution in [3.63, 3.8) is 0 Å². The van der Waals surface area contributed by atoms with E-state index in [-0.39, 0.29) is 30.2 Å². The zero-order valence-corrected chi connectivity index (χ0v) is 12.0. The van der Waals surface area contributed by atoms with E-state index in [4.69, 9.17) is 4.74 Å². The minimum atomic E-state index is -0.484. The SMILES string of the molecule is COc1cc(C(=O)N[C@H]2[C@@H]3CC[C@@H](C3)[C@@H]2CO)ccc1F. The van der Waals surface area contributed by atoms with Crippen LogP contribution in [0.4, 0.5) is 4.39 Å². The van der Waals surface area contributed by atoms with Crippen molar-refractivity contribution in [1.29, 1.82) is 0 Å². The summed E-state index contributed by atoms with van der Waals surface area (Å²) in [6, 6.07) is 4.12. The average Bonchev–Trinajstić information content (AvgIpc) is 3.08. The number of aliphatic hydroxyl groups excluding tert-OH is 1. The molecule has 3 rings (SSSR count). The number of carbonyl (C=O) groups is 1. The van der Waals surface area contributed by atoms with Crippen LogP contribution in [0, 0.1) is 23.6 Å². The summed E-state index contributed by atoms with van der Waals surface area (Å²) in [5, 5.41) is 12.6. The second kappa shape index (κ2) is 5.64. The Balaban J connectivity index is 1.74. The van der Waals surface area contributed by atoms with Gasteiger partial charge in [-0.15, -0.1) is 0 Å². The standard InChI is InChI=1S/C16H20FNO3/c1-21-14-7-11(4-5-13(14)17)16(20)18-15-10-3-2-9(6-10)12(15)8-19/h4-5,7,9-10,12,15,19H,2-3,6,8H2,1H3,(H,18,20)/t9-,10+,12-,15-/m0/s1. The number of amides is 1. The van der Waals surface area contributed by atoms with Crippen molar-refractivity contribution in [1.82, 2.24) is 5.32 Å². The van der Waals surface area contributed by atoms with Gasteiger partial charge in [-0.3, -0.25) is 4.79 Å². The molecule has 0 unspecified atom stereocenters. The van der Waals surface area contributed by atoms with Crippen LogP contribution >= 0.6 is 0 Å². The van der Waals surface area contributed by atoms with Crippen LogP contribution in [-0.4, -0.2) is 30.8 Å². The molecule has 4 nitrogen and oxygen atoms in total. The van der Waals surface area contributed by atoms with Crippen LogP contribution in [0.25, 0.3) is 0 Å². The minimum absolute atomic E-state index is 0.0253. The Morgan fingerprint density at radius 2 is 2.19 bits per heavy atom. The van der Waals surface area contributed by atoms with Gasteiger partial charge in [-0.25, -0.2) is 4.39 Å². The molecule has 1 aromatic carbocycles. The zero-order valence-electron chi connectivity index (χ0n) is 12.0. The van der Waals surface area contributed by atoms with E-state index < -0.39 is 5.82 Å². The molecule has 0 spiro atoms. The number of methoxy groups -OCH3 is 1. The van der Waals surface area contributed by atoms with Crippen LogP contribution in [0.5, 0.6) is 5.75 Å². The first kappa shape index (κ1) is 14.3. The second-order valence-corrected chi connectivity index (χ2v) is 6.03. The van der Waals surface area contributed by atoms with Crippen molar-refractivity contribution in [3.8, 4) is 5.75 Å². The summed E-state index contributed by atoms with van der Waals surface area (Å²) in [6.07, 6.45) is 3.34. The maximum atomic E-state index is 13.4. The van der Waals surface area contributed by atoms with Crippen molar-refractivity contribution in [3.05, 3.63) is 29.6 Å². The van der Waals surface area contributed by atoms with Crippen LogP contribution in [0.15, 0.2) is 18.2 Å². The topological polar surface area (TPSA) is 58.6 Å². The minimum Gasteiger partial charge on any atom is -0.494 e. The maximum Gasteiger partial charge on any atom is 0.251 e. The molecule has 0 aliphatic heterocycles. The number of hydrogen-bond donors (Lipinski definition) is 2. The normalized spacial score (nSPS) is 30.4. The smallest absolute Gasteiger partial charge is 0.251 e. The zero-order chi connectivity index (χ0) is 15.0. The molecule has 2 bridgehead atoms. The molecule has 0 saturated heterocycles. The highest BCUT2D eigenvalue weighted by Crippen LogP contribution is 2.48. The third-order valence-corrected chi connectivity index (χ3v) is 5.01. The number of ether oxygens (including phenoxy) is 1. The van der Waals surface area contributed by atoms with E-state index >= 15 is 0 Å². The first-order valence-corrected chi connectivity index (χ1v) is 7.39. The lowest BCUT2D eigenvalue weighted by Crippen LogP contribution is -2.45. The molecule has 2 aliphatic carbocycles. The van der Waals surface area contributed by atoms with E-state index in [1.165, 1.54) is 25.3 Å². The van der Waals surface area contributed by atoms with Gasteiger partial charge in [-0.2, -0.15) is 0 Å². The summed E-state index contributed by atoms with van der Waals surface area (Å²) < 4.78 is 18.3. The molecular formula is C16H20FNO3. The monoisotopic (exact) mass is 293 g/mol. The Morgan fingerprint density at radius 1 is 1.43 bits per heavy atom. The van der Waals surface area contributed by atoms with E-state index in [2.05, 4.69) is 5.32 Å². The van der Waals surface area contributed by atoms with Crippen molar-refractivity contribution in [2.45, 2.75) is 25.3 Å². The predicted molar refractivity (Wildman–Crippen MR) is 75.6 cm³/mol. The lowest BCUT2D eigenvalue weighted by molar-refractivity contribution is 0.0861. The quantitative estimate of drug-likeness (QED) is 0.892. The highest BCUT2D eigenvalue weighted by atomic mass is 19.1. The largest absolute Gasteiger partial charge is 0.494 e. The Hall–Kier alpha value is -1.62. The summed E-state index contributed by atoms with van der Waals surface area (Å²) in [5.74, 6) is 0.474. The van der Waals surface area contributed by atoms with E-state index in [0.29, 0.717) is 17.4 Å². The fourth-order valence-corrected chi connectivity index (χ4v) is 3.93. The lowest BCUT2D eigenvalue weighted by Gasteiger charge is -2.30. The molecule has 2 N–H and O–H groups in total. The Bertz CT molecular complexity index is 548. The number of halogens is 1. The summed E-state index contributed by atoms with van der Waals surface area (Å²) in [6.45, 7) is 0.110. The predicted octanol–water partition coefficient (Wildman–Crippen LogP) is 1.97. The van der Waals surface area contributed by atoms with Gasteiger partial charge in [-0.05, 0) is 49.3 Å². The van der Waals surface area contributed by atoms with Gasteiger partial charge in [0.05, 0.1) is 7.11 Å². The molecule has 2 fully saturated rings. The van der Waals surface area contributed by atoms with Crippen molar-refractivity contribution < 1.29 is 19.0 Å². The number of benzene rings is 1. The van der Waals surface area contributed by atoms with Gasteiger partial charge in [0.1, 0.15) is 0 Å². The van der Waals surface area contributed by atoms with Crippen molar-refractivity contribution >= 4 is 5.91 Å². The fourth-order valence-electron chi connectivity index (χ4n) is 3.93. The number of carbonyl (C=O) groups excluding carboxylic acids is 1. The first-order chi connectivity index (χ1) is 10.1. The molecule has 0 radical (unpaired) electrons. The lowest BCUT2D eigenvalue weighted by atomic mass is 9.85. The van der Waals surface area contributed by atoms with Crippen LogP contribution < -0.4 is 10.1 Å². The Morgan fingerprint density at radius 3 is 2.90 bits per heavy atom. The van der Waals surface area contributed by atoms with E-state index in [1.807, 2.05) is 0 Å². The van der Waals surface area contributed by atoms with E-state index in [1.54, 1.807) is 0 Å². The molecular weight excluding hydrogens is 273 g/mol. The van der Waals surface area contributed by atoms with Crippen LogP contribution in [0.3, 0.4) is 0 Å². The van der Waals surface area contributed by atoms with Crippen molar-refractivity contribution in [2.24, 2.45) is 17.8 Å². The average molecular weight is 293 g/mol. The molecule has 1 aromatic rings. The maximum absolute atomic E-state index is 13.4. The molecule has 21 heavy (non-hydrogen) atoms. The molecule has 5 heteroatoms. The highest BCUT2D eigenvalue weighted by Gasteiger charge is 2.47. The van der Waals surface area contributed by atoms with Crippen LogP contribution in [-0.2, 0) is 0 Å². The van der Waals surface area contributed by atoms with Gasteiger partial charge >= 0.3 is 0 Å². The Kier molecular flexibility index (Phi) is 3.85. The molecule has 4 atom stereocenters. The third kappa shape index (κ3) is 2.50. The molecule has 114 valence electrons. The summed E-state index contributed by atoms with van der Waals surface area (Å²) >= 11 is 0. The van der Waals surface area contributed by atoms with Gasteiger partial charge in [0, 0.05) is 24.1 Å². The van der Waals surface area contributed by atoms with Gasteiger partial charge in [0.25, 0.3) is 5.91 Å². The second-order valence-electron chi connectivity index (χ2n) is 6.03. The van der Waals surface area contributed by atoms with Gasteiger partial charge < -0.3 is 15.2 Å². The van der Waals surface area contributed by atoms with E-state index in [9.17, 15) is 14.3 Å². The van der Waals surface area contributed by atoms with Crippen LogP contribution in [0.2, 0.25) is 0 Å². The van der Waals surface area contributed by atoms with Crippen molar-refractivity contribution in [2.75, 3.05) is 13.7 Å². The summed E-state index contributed by atoms with van der Waals surface area (Å²) in [4.78, 5) is 12.3. The molecule has 0 heterocycles. The van der Waals surface area contributed by atoms with E-state index in [0.717, 1.165) is 19.3 Å². The van der Waals surface area contributed by atoms with Crippen LogP contribution in [0.1, 0.15) is 29.6 Å². The fraction of sp³-hybridized carbons (Fsp3) is 0.562. The molecule has 2 aliphatic rings. The first-order valence-electron chi connectivity index (χ1n) is 7.39. The summed E-state index contributed by atoms with van der Waals surface area (Å²) in [5.41, 5.74) is 0.382. The number of rotatable bonds is 4. The molecule has 2 saturated carbocycles. The number of fused-ring (bicyclic) bond motifs is 2. The number of hydrogen-bond acceptors (Lipinski definition) is 3. The third-order valence-electron chi connectivity index (χ3n) is 5.01. The van der Waals surface area contributed by atoms with Gasteiger partial charge in [0.2, 0.25) is 0 Å². The van der Waals surface area contributed by atoms with Gasteiger partial charge in [0.15, 0.2) is 11.6 Å². The number of nitrogens with one attached hydrogen (secondary N) is 1. The Labute approximate surface area is 123 Å². The number of aliphatic hydroxyl groups is 1. The van der Waals surface area contributed by atoms with Gasteiger partial charge in [-0.1, -0.05) is 0 Å². The molecule has 0 aromatic heterocycles. The molecule has 1 amide bonds. The summed E-state index contributed by atoms with van der Waals surface area (Å²) in [7, 11) is 1.37. The highest BCUT2D eigenvalue weighted by molar-refractivity contribution is 5.94.